The van der Waals surface area contributed by atoms with E-state index >= 15 is 0 Å². The summed E-state index contributed by atoms with van der Waals surface area (Å²) >= 11 is 0. The molecule has 2 N–H and O–H groups in total. The minimum atomic E-state index is -3.69. The van der Waals surface area contributed by atoms with Crippen molar-refractivity contribution in [2.45, 2.75) is 50.5 Å². The smallest absolute Gasteiger partial charge is 0.267 e. The summed E-state index contributed by atoms with van der Waals surface area (Å²) in [5, 5.41) is 7.17. The number of nitrogens with one attached hydrogen (secondary N) is 2. The van der Waals surface area contributed by atoms with Crippen LogP contribution >= 0.6 is 0 Å². The molecule has 0 radical (unpaired) electrons. The molecule has 1 aliphatic carbocycles. The first kappa shape index (κ1) is 15.9. The monoisotopic (exact) mass is 335 g/mol. The normalized spacial score (nSPS) is 15.7. The molecular formula is C16H21N3O3S. The van der Waals surface area contributed by atoms with E-state index in [0.717, 1.165) is 5.69 Å². The maximum absolute atomic E-state index is 12.4. The van der Waals surface area contributed by atoms with Gasteiger partial charge >= 0.3 is 0 Å². The summed E-state index contributed by atoms with van der Waals surface area (Å²) in [7, 11) is -3.69. The van der Waals surface area contributed by atoms with Crippen molar-refractivity contribution in [2.75, 3.05) is 10.0 Å². The van der Waals surface area contributed by atoms with Crippen LogP contribution in [0.25, 0.3) is 0 Å². The number of aromatic nitrogens is 1. The van der Waals surface area contributed by atoms with Crippen LogP contribution in [0.3, 0.4) is 0 Å². The van der Waals surface area contributed by atoms with Crippen molar-refractivity contribution in [1.82, 2.24) is 5.16 Å². The molecule has 1 saturated carbocycles. The summed E-state index contributed by atoms with van der Waals surface area (Å²) < 4.78 is 32.4. The second kappa shape index (κ2) is 6.23. The fourth-order valence-corrected chi connectivity index (χ4v) is 4.40. The van der Waals surface area contributed by atoms with Crippen LogP contribution in [0.2, 0.25) is 0 Å². The number of aryl methyl sites for hydroxylation is 2. The van der Waals surface area contributed by atoms with Crippen molar-refractivity contribution in [3.8, 4) is 0 Å². The first-order chi connectivity index (χ1) is 11.0. The van der Waals surface area contributed by atoms with Crippen molar-refractivity contribution in [1.29, 1.82) is 0 Å². The van der Waals surface area contributed by atoms with Crippen molar-refractivity contribution < 1.29 is 12.9 Å². The van der Waals surface area contributed by atoms with Gasteiger partial charge in [0.05, 0.1) is 0 Å². The molecule has 0 spiro atoms. The van der Waals surface area contributed by atoms with Crippen LogP contribution in [0.5, 0.6) is 0 Å². The standard InChI is InChI=1S/C16H21N3O3S/c1-11-16(12(2)22-18-11)23(20,21)19-15-9-7-14(8-10-15)17-13-5-3-4-6-13/h7-10,13,17,19H,3-6H2,1-2H3. The summed E-state index contributed by atoms with van der Waals surface area (Å²) in [6.45, 7) is 3.20. The minimum absolute atomic E-state index is 0.102. The quantitative estimate of drug-likeness (QED) is 0.874. The van der Waals surface area contributed by atoms with Gasteiger partial charge in [-0.1, -0.05) is 18.0 Å². The number of rotatable bonds is 5. The van der Waals surface area contributed by atoms with Crippen LogP contribution in [0.15, 0.2) is 33.7 Å². The van der Waals surface area contributed by atoms with Crippen LogP contribution in [-0.4, -0.2) is 19.6 Å². The highest BCUT2D eigenvalue weighted by Crippen LogP contribution is 2.25. The van der Waals surface area contributed by atoms with Crippen LogP contribution in [0.4, 0.5) is 11.4 Å². The Morgan fingerprint density at radius 3 is 2.26 bits per heavy atom. The molecule has 1 aromatic heterocycles. The zero-order chi connectivity index (χ0) is 16.4. The lowest BCUT2D eigenvalue weighted by Crippen LogP contribution is -2.15. The number of nitrogens with zero attached hydrogens (tertiary/aromatic N) is 1. The van der Waals surface area contributed by atoms with Crippen molar-refractivity contribution in [3.05, 3.63) is 35.7 Å². The van der Waals surface area contributed by atoms with Crippen LogP contribution in [0.1, 0.15) is 37.1 Å². The van der Waals surface area contributed by atoms with Crippen molar-refractivity contribution in [3.63, 3.8) is 0 Å². The third-order valence-corrected chi connectivity index (χ3v) is 5.72. The molecule has 0 aliphatic heterocycles. The first-order valence-electron chi connectivity index (χ1n) is 7.78. The SMILES string of the molecule is Cc1noc(C)c1S(=O)(=O)Nc1ccc(NC2CCCC2)cc1. The molecular weight excluding hydrogens is 314 g/mol. The largest absolute Gasteiger partial charge is 0.382 e. The topological polar surface area (TPSA) is 84.2 Å². The van der Waals surface area contributed by atoms with Crippen molar-refractivity contribution >= 4 is 21.4 Å². The van der Waals surface area contributed by atoms with Crippen LogP contribution in [0, 0.1) is 13.8 Å². The molecule has 23 heavy (non-hydrogen) atoms. The predicted octanol–water partition coefficient (Wildman–Crippen LogP) is 3.45. The van der Waals surface area contributed by atoms with Gasteiger partial charge in [-0.05, 0) is 51.0 Å². The van der Waals surface area contributed by atoms with Gasteiger partial charge in [-0.3, -0.25) is 4.72 Å². The van der Waals surface area contributed by atoms with Crippen LogP contribution < -0.4 is 10.0 Å². The van der Waals surface area contributed by atoms with Gasteiger partial charge in [0.2, 0.25) is 0 Å². The van der Waals surface area contributed by atoms with Gasteiger partial charge < -0.3 is 9.84 Å². The maximum atomic E-state index is 12.4. The highest BCUT2D eigenvalue weighted by atomic mass is 32.2. The van der Waals surface area contributed by atoms with Gasteiger partial charge in [0.25, 0.3) is 10.0 Å². The molecule has 7 heteroatoms. The average Bonchev–Trinajstić information content (AvgIpc) is 3.11. The van der Waals surface area contributed by atoms with E-state index in [0.29, 0.717) is 17.4 Å². The van der Waals surface area contributed by atoms with E-state index in [1.807, 2.05) is 12.1 Å². The van der Waals surface area contributed by atoms with E-state index in [9.17, 15) is 8.42 Å². The third kappa shape index (κ3) is 3.50. The summed E-state index contributed by atoms with van der Waals surface area (Å²) in [5.74, 6) is 0.287. The van der Waals surface area contributed by atoms with Gasteiger partial charge in [-0.25, -0.2) is 8.42 Å². The predicted molar refractivity (Wildman–Crippen MR) is 89.1 cm³/mol. The molecule has 1 aromatic carbocycles. The molecule has 0 amide bonds. The van der Waals surface area contributed by atoms with Crippen LogP contribution in [-0.2, 0) is 10.0 Å². The highest BCUT2D eigenvalue weighted by molar-refractivity contribution is 7.92. The Kier molecular flexibility index (Phi) is 4.30. The number of anilines is 2. The summed E-state index contributed by atoms with van der Waals surface area (Å²) in [6, 6.07) is 7.83. The van der Waals surface area contributed by atoms with Crippen molar-refractivity contribution in [2.24, 2.45) is 0 Å². The molecule has 124 valence electrons. The molecule has 0 unspecified atom stereocenters. The molecule has 1 heterocycles. The molecule has 3 rings (SSSR count). The van der Waals surface area contributed by atoms with E-state index in [4.69, 9.17) is 4.52 Å². The Bertz CT molecular complexity index is 756. The van der Waals surface area contributed by atoms with E-state index in [1.165, 1.54) is 25.7 Å². The molecule has 0 bridgehead atoms. The maximum Gasteiger partial charge on any atom is 0.267 e. The number of hydrogen-bond acceptors (Lipinski definition) is 5. The van der Waals surface area contributed by atoms with E-state index in [1.54, 1.807) is 26.0 Å². The highest BCUT2D eigenvalue weighted by Gasteiger charge is 2.24. The molecule has 1 aliphatic rings. The lowest BCUT2D eigenvalue weighted by atomic mass is 10.2. The van der Waals surface area contributed by atoms with Gasteiger partial charge in [-0.2, -0.15) is 0 Å². The number of sulfonamides is 1. The second-order valence-corrected chi connectivity index (χ2v) is 7.58. The second-order valence-electron chi connectivity index (χ2n) is 5.96. The minimum Gasteiger partial charge on any atom is -0.382 e. The summed E-state index contributed by atoms with van der Waals surface area (Å²) in [4.78, 5) is 0.102. The molecule has 2 aromatic rings. The Hall–Kier alpha value is -2.02. The Labute approximate surface area is 136 Å². The summed E-state index contributed by atoms with van der Waals surface area (Å²) in [5.41, 5.74) is 1.88. The molecule has 0 saturated heterocycles. The lowest BCUT2D eigenvalue weighted by Gasteiger charge is -2.14. The molecule has 0 atom stereocenters. The van der Waals surface area contributed by atoms with Gasteiger partial charge in [-0.15, -0.1) is 0 Å². The fourth-order valence-electron chi connectivity index (χ4n) is 3.00. The molecule has 1 fully saturated rings. The zero-order valence-corrected chi connectivity index (χ0v) is 14.1. The molecule has 6 nitrogen and oxygen atoms in total. The van der Waals surface area contributed by atoms with E-state index in [2.05, 4.69) is 15.2 Å². The zero-order valence-electron chi connectivity index (χ0n) is 13.3. The Morgan fingerprint density at radius 1 is 1.09 bits per heavy atom. The number of benzene rings is 1. The van der Waals surface area contributed by atoms with E-state index < -0.39 is 10.0 Å². The van der Waals surface area contributed by atoms with Gasteiger partial charge in [0, 0.05) is 17.4 Å². The number of hydrogen-bond donors (Lipinski definition) is 2. The van der Waals surface area contributed by atoms with E-state index in [-0.39, 0.29) is 10.7 Å². The van der Waals surface area contributed by atoms with Gasteiger partial charge in [0.15, 0.2) is 10.7 Å². The summed E-state index contributed by atoms with van der Waals surface area (Å²) in [6.07, 6.45) is 4.93. The lowest BCUT2D eigenvalue weighted by molar-refractivity contribution is 0.390. The Balaban J connectivity index is 1.72. The van der Waals surface area contributed by atoms with Gasteiger partial charge in [0.1, 0.15) is 5.69 Å². The average molecular weight is 335 g/mol. The Morgan fingerprint density at radius 2 is 1.70 bits per heavy atom. The third-order valence-electron chi connectivity index (χ3n) is 4.10. The fraction of sp³-hybridized carbons (Fsp3) is 0.438. The first-order valence-corrected chi connectivity index (χ1v) is 9.26.